The van der Waals surface area contributed by atoms with Crippen LogP contribution in [-0.4, -0.2) is 54.0 Å². The summed E-state index contributed by atoms with van der Waals surface area (Å²) in [6.45, 7) is 4.99. The lowest BCUT2D eigenvalue weighted by atomic mass is 10.1. The number of rotatable bonds is 10. The van der Waals surface area contributed by atoms with E-state index < -0.39 is 5.97 Å². The molecular formula is C18H25NO6. The Kier molecular flexibility index (Phi) is 7.91. The highest BCUT2D eigenvalue weighted by Crippen LogP contribution is 2.28. The third-order valence-corrected chi connectivity index (χ3v) is 3.61. The molecule has 0 saturated heterocycles. The summed E-state index contributed by atoms with van der Waals surface area (Å²) in [5.74, 6) is -0.379. The van der Waals surface area contributed by atoms with Crippen LogP contribution < -0.4 is 9.47 Å². The number of carboxylic acid groups (broad SMARTS) is 1. The van der Waals surface area contributed by atoms with E-state index in [4.69, 9.17) is 14.6 Å². The number of methoxy groups -OCH3 is 1. The Morgan fingerprint density at radius 1 is 1.20 bits per heavy atom. The molecule has 1 aromatic carbocycles. The highest BCUT2D eigenvalue weighted by Gasteiger charge is 2.19. The first-order valence-corrected chi connectivity index (χ1v) is 8.09. The van der Waals surface area contributed by atoms with Gasteiger partial charge < -0.3 is 19.5 Å². The van der Waals surface area contributed by atoms with Gasteiger partial charge in [0, 0.05) is 18.0 Å². The first-order chi connectivity index (χ1) is 11.8. The predicted molar refractivity (Wildman–Crippen MR) is 92.2 cm³/mol. The molecule has 1 aromatic rings. The van der Waals surface area contributed by atoms with Crippen molar-refractivity contribution >= 4 is 17.7 Å². The highest BCUT2D eigenvalue weighted by molar-refractivity contribution is 5.94. The number of carboxylic acids is 1. The van der Waals surface area contributed by atoms with E-state index in [2.05, 4.69) is 0 Å². The van der Waals surface area contributed by atoms with E-state index in [1.165, 1.54) is 18.9 Å². The van der Waals surface area contributed by atoms with Crippen molar-refractivity contribution in [1.82, 2.24) is 4.90 Å². The van der Waals surface area contributed by atoms with Crippen molar-refractivity contribution in [2.24, 2.45) is 0 Å². The molecule has 0 aliphatic carbocycles. The van der Waals surface area contributed by atoms with E-state index >= 15 is 0 Å². The van der Waals surface area contributed by atoms with E-state index in [-0.39, 0.29) is 37.3 Å². The van der Waals surface area contributed by atoms with Gasteiger partial charge in [-0.15, -0.1) is 0 Å². The molecule has 0 aliphatic rings. The van der Waals surface area contributed by atoms with Gasteiger partial charge in [-0.2, -0.15) is 0 Å². The van der Waals surface area contributed by atoms with Crippen molar-refractivity contribution in [3.8, 4) is 11.5 Å². The van der Waals surface area contributed by atoms with Gasteiger partial charge in [0.2, 0.25) is 5.91 Å². The molecule has 7 nitrogen and oxygen atoms in total. The molecule has 0 heterocycles. The van der Waals surface area contributed by atoms with Crippen molar-refractivity contribution < 1.29 is 29.0 Å². The largest absolute Gasteiger partial charge is 0.493 e. The average molecular weight is 351 g/mol. The van der Waals surface area contributed by atoms with Gasteiger partial charge in [0.05, 0.1) is 13.7 Å². The molecule has 0 bridgehead atoms. The van der Waals surface area contributed by atoms with E-state index in [1.54, 1.807) is 32.0 Å². The van der Waals surface area contributed by atoms with Crippen LogP contribution in [0.4, 0.5) is 0 Å². The Bertz CT molecular complexity index is 626. The summed E-state index contributed by atoms with van der Waals surface area (Å²) in [5, 5.41) is 8.86. The van der Waals surface area contributed by atoms with Crippen molar-refractivity contribution in [2.45, 2.75) is 39.7 Å². The number of hydrogen-bond donors (Lipinski definition) is 1. The van der Waals surface area contributed by atoms with Gasteiger partial charge in [-0.25, -0.2) is 0 Å². The molecule has 0 saturated carbocycles. The van der Waals surface area contributed by atoms with E-state index in [0.717, 1.165) is 0 Å². The van der Waals surface area contributed by atoms with Crippen LogP contribution in [0.3, 0.4) is 0 Å². The Morgan fingerprint density at radius 3 is 2.40 bits per heavy atom. The fourth-order valence-corrected chi connectivity index (χ4v) is 2.26. The standard InChI is InChI=1S/C18H25NO6/c1-12(2)19(11-18(22)23)17(21)6-5-9-25-15-8-7-14(13(3)20)10-16(15)24-4/h7-8,10,12H,5-6,9,11H2,1-4H3,(H,22,23). The Hall–Kier alpha value is -2.57. The number of carbonyl (C=O) groups excluding carboxylic acids is 2. The zero-order valence-corrected chi connectivity index (χ0v) is 15.1. The number of ether oxygens (including phenoxy) is 2. The van der Waals surface area contributed by atoms with Gasteiger partial charge in [-0.05, 0) is 45.4 Å². The number of hydrogen-bond acceptors (Lipinski definition) is 5. The van der Waals surface area contributed by atoms with Gasteiger partial charge in [0.25, 0.3) is 0 Å². The molecule has 0 aromatic heterocycles. The second-order valence-electron chi connectivity index (χ2n) is 5.88. The molecular weight excluding hydrogens is 326 g/mol. The molecule has 1 amide bonds. The smallest absolute Gasteiger partial charge is 0.323 e. The van der Waals surface area contributed by atoms with E-state index in [1.807, 2.05) is 0 Å². The Labute approximate surface area is 147 Å². The van der Waals surface area contributed by atoms with Crippen LogP contribution in [-0.2, 0) is 9.59 Å². The van der Waals surface area contributed by atoms with Crippen LogP contribution in [0.2, 0.25) is 0 Å². The maximum Gasteiger partial charge on any atom is 0.323 e. The van der Waals surface area contributed by atoms with Crippen LogP contribution in [0.5, 0.6) is 11.5 Å². The maximum absolute atomic E-state index is 12.1. The molecule has 138 valence electrons. The summed E-state index contributed by atoms with van der Waals surface area (Å²) in [5.41, 5.74) is 0.528. The molecule has 0 atom stereocenters. The molecule has 0 fully saturated rings. The second-order valence-corrected chi connectivity index (χ2v) is 5.88. The fourth-order valence-electron chi connectivity index (χ4n) is 2.26. The summed E-state index contributed by atoms with van der Waals surface area (Å²) >= 11 is 0. The van der Waals surface area contributed by atoms with Crippen LogP contribution in [0.1, 0.15) is 44.0 Å². The topological polar surface area (TPSA) is 93.1 Å². The quantitative estimate of drug-likeness (QED) is 0.514. The molecule has 0 radical (unpaired) electrons. The number of benzene rings is 1. The summed E-state index contributed by atoms with van der Waals surface area (Å²) in [7, 11) is 1.49. The number of Topliss-reactive ketones (excluding diaryl/α,β-unsaturated/α-hetero) is 1. The van der Waals surface area contributed by atoms with Gasteiger partial charge in [-0.1, -0.05) is 0 Å². The minimum atomic E-state index is -1.03. The molecule has 0 spiro atoms. The number of carbonyl (C=O) groups is 3. The average Bonchev–Trinajstić information content (AvgIpc) is 2.55. The van der Waals surface area contributed by atoms with E-state index in [0.29, 0.717) is 23.5 Å². The summed E-state index contributed by atoms with van der Waals surface area (Å²) in [6, 6.07) is 4.74. The lowest BCUT2D eigenvalue weighted by Crippen LogP contribution is -2.40. The SMILES string of the molecule is COc1cc(C(C)=O)ccc1OCCCC(=O)N(CC(=O)O)C(C)C. The first kappa shape index (κ1) is 20.5. The Balaban J connectivity index is 2.56. The molecule has 7 heteroatoms. The number of nitrogens with zero attached hydrogens (tertiary/aromatic N) is 1. The Morgan fingerprint density at radius 2 is 1.88 bits per heavy atom. The zero-order valence-electron chi connectivity index (χ0n) is 15.1. The number of aliphatic carboxylic acids is 1. The summed E-state index contributed by atoms with van der Waals surface area (Å²) in [4.78, 5) is 35.6. The monoisotopic (exact) mass is 351 g/mol. The van der Waals surface area contributed by atoms with Gasteiger partial charge in [-0.3, -0.25) is 14.4 Å². The van der Waals surface area contributed by atoms with Crippen molar-refractivity contribution in [3.05, 3.63) is 23.8 Å². The van der Waals surface area contributed by atoms with Crippen molar-refractivity contribution in [2.75, 3.05) is 20.3 Å². The maximum atomic E-state index is 12.1. The number of amides is 1. The van der Waals surface area contributed by atoms with Crippen LogP contribution in [0.15, 0.2) is 18.2 Å². The minimum absolute atomic E-state index is 0.0670. The van der Waals surface area contributed by atoms with E-state index in [9.17, 15) is 14.4 Å². The lowest BCUT2D eigenvalue weighted by Gasteiger charge is -2.24. The molecule has 1 rings (SSSR count). The van der Waals surface area contributed by atoms with Crippen LogP contribution >= 0.6 is 0 Å². The normalized spacial score (nSPS) is 10.4. The van der Waals surface area contributed by atoms with Crippen LogP contribution in [0.25, 0.3) is 0 Å². The summed E-state index contributed by atoms with van der Waals surface area (Å²) in [6.07, 6.45) is 0.637. The lowest BCUT2D eigenvalue weighted by molar-refractivity contribution is -0.145. The molecule has 0 aliphatic heterocycles. The predicted octanol–water partition coefficient (Wildman–Crippen LogP) is 2.38. The first-order valence-electron chi connectivity index (χ1n) is 8.09. The second kappa shape index (κ2) is 9.66. The number of ketones is 1. The third kappa shape index (κ3) is 6.45. The van der Waals surface area contributed by atoms with Gasteiger partial charge >= 0.3 is 5.97 Å². The highest BCUT2D eigenvalue weighted by atomic mass is 16.5. The minimum Gasteiger partial charge on any atom is -0.493 e. The third-order valence-electron chi connectivity index (χ3n) is 3.61. The molecule has 0 unspecified atom stereocenters. The molecule has 25 heavy (non-hydrogen) atoms. The van der Waals surface area contributed by atoms with Gasteiger partial charge in [0.1, 0.15) is 6.54 Å². The van der Waals surface area contributed by atoms with Crippen molar-refractivity contribution in [1.29, 1.82) is 0 Å². The van der Waals surface area contributed by atoms with Crippen molar-refractivity contribution in [3.63, 3.8) is 0 Å². The summed E-state index contributed by atoms with van der Waals surface area (Å²) < 4.78 is 10.8. The molecule has 1 N–H and O–H groups in total. The van der Waals surface area contributed by atoms with Crippen LogP contribution in [0, 0.1) is 0 Å². The van der Waals surface area contributed by atoms with Gasteiger partial charge in [0.15, 0.2) is 17.3 Å². The fraction of sp³-hybridized carbons (Fsp3) is 0.500. The zero-order chi connectivity index (χ0) is 19.0.